The van der Waals surface area contributed by atoms with E-state index >= 15 is 0 Å². The zero-order valence-corrected chi connectivity index (χ0v) is 22.4. The smallest absolute Gasteiger partial charge is 0.171 e. The number of rotatable bonds is 8. The zero-order chi connectivity index (χ0) is 28.2. The fraction of sp³-hybridized carbons (Fsp3) is 0.419. The standard InChI is InChI=1S/C31H35F2N3O4/c32-26-17-25(37)4-2-23(26)3-6-28(38)24-16-30(40)31(34-18-24)36-13-9-22(10-14-36)21-7-11-35(12-8-21)19-20-1-5-29(39)27(33)15-20/h1-2,4-5,15-18,21-22,37,39-40H,3,6-14,19H2. The number of likely N-dealkylation sites (tertiary alicyclic amines) is 1. The van der Waals surface area contributed by atoms with Crippen molar-refractivity contribution in [3.63, 3.8) is 0 Å². The van der Waals surface area contributed by atoms with Crippen molar-refractivity contribution in [1.29, 1.82) is 0 Å². The molecule has 9 heteroatoms. The molecule has 0 saturated carbocycles. The molecule has 5 rings (SSSR count). The van der Waals surface area contributed by atoms with Crippen LogP contribution in [0.25, 0.3) is 0 Å². The summed E-state index contributed by atoms with van der Waals surface area (Å²) in [4.78, 5) is 21.5. The van der Waals surface area contributed by atoms with Gasteiger partial charge in [-0.3, -0.25) is 9.69 Å². The highest BCUT2D eigenvalue weighted by Crippen LogP contribution is 2.36. The number of anilines is 1. The Morgan fingerprint density at radius 1 is 0.850 bits per heavy atom. The lowest BCUT2D eigenvalue weighted by atomic mass is 9.78. The van der Waals surface area contributed by atoms with Crippen LogP contribution < -0.4 is 4.90 Å². The number of aromatic nitrogens is 1. The van der Waals surface area contributed by atoms with Gasteiger partial charge >= 0.3 is 0 Å². The van der Waals surface area contributed by atoms with Gasteiger partial charge in [-0.25, -0.2) is 13.8 Å². The lowest BCUT2D eigenvalue weighted by Gasteiger charge is -2.40. The van der Waals surface area contributed by atoms with Gasteiger partial charge in [0, 0.05) is 43.9 Å². The van der Waals surface area contributed by atoms with Crippen molar-refractivity contribution in [3.05, 3.63) is 77.0 Å². The fourth-order valence-corrected chi connectivity index (χ4v) is 6.05. The Morgan fingerprint density at radius 3 is 2.20 bits per heavy atom. The zero-order valence-electron chi connectivity index (χ0n) is 22.4. The molecule has 2 aliphatic rings. The van der Waals surface area contributed by atoms with Crippen LogP contribution >= 0.6 is 0 Å². The molecule has 7 nitrogen and oxygen atoms in total. The maximum absolute atomic E-state index is 13.9. The van der Waals surface area contributed by atoms with Crippen molar-refractivity contribution in [1.82, 2.24) is 9.88 Å². The van der Waals surface area contributed by atoms with Crippen molar-refractivity contribution in [3.8, 4) is 17.2 Å². The minimum absolute atomic E-state index is 0.0286. The number of carbonyl (C=O) groups is 1. The van der Waals surface area contributed by atoms with Crippen LogP contribution in [0.1, 0.15) is 53.6 Å². The molecular weight excluding hydrogens is 516 g/mol. The Morgan fingerprint density at radius 2 is 1.55 bits per heavy atom. The molecule has 3 N–H and O–H groups in total. The normalized spacial score (nSPS) is 17.3. The maximum atomic E-state index is 13.9. The molecule has 2 fully saturated rings. The maximum Gasteiger partial charge on any atom is 0.171 e. The SMILES string of the molecule is O=C(CCc1ccc(O)cc1F)c1cnc(N2CCC(C3CCN(Cc4ccc(O)c(F)c4)CC3)CC2)c(O)c1. The number of phenols is 2. The molecule has 40 heavy (non-hydrogen) atoms. The number of phenolic OH excluding ortho intramolecular Hbond substituents is 2. The summed E-state index contributed by atoms with van der Waals surface area (Å²) < 4.78 is 27.6. The van der Waals surface area contributed by atoms with Crippen molar-refractivity contribution in [2.45, 2.75) is 45.1 Å². The van der Waals surface area contributed by atoms with Gasteiger partial charge in [0.2, 0.25) is 0 Å². The van der Waals surface area contributed by atoms with Crippen molar-refractivity contribution < 1.29 is 28.9 Å². The van der Waals surface area contributed by atoms with E-state index < -0.39 is 11.6 Å². The molecule has 0 radical (unpaired) electrons. The molecule has 0 atom stereocenters. The molecule has 0 aliphatic carbocycles. The van der Waals surface area contributed by atoms with E-state index in [0.29, 0.717) is 29.8 Å². The summed E-state index contributed by atoms with van der Waals surface area (Å²) in [6.07, 6.45) is 5.95. The number of hydrogen-bond donors (Lipinski definition) is 3. The second-order valence-corrected chi connectivity index (χ2v) is 11.0. The quantitative estimate of drug-likeness (QED) is 0.322. The molecule has 212 valence electrons. The van der Waals surface area contributed by atoms with Crippen molar-refractivity contribution in [2.24, 2.45) is 11.8 Å². The number of aryl methyl sites for hydroxylation is 1. The number of nitrogens with zero attached hydrogens (tertiary/aromatic N) is 3. The summed E-state index contributed by atoms with van der Waals surface area (Å²) >= 11 is 0. The van der Waals surface area contributed by atoms with Crippen molar-refractivity contribution >= 4 is 11.6 Å². The number of halogens is 2. The Kier molecular flexibility index (Phi) is 8.49. The molecule has 0 bridgehead atoms. The second-order valence-electron chi connectivity index (χ2n) is 11.0. The Hall–Kier alpha value is -3.72. The van der Waals surface area contributed by atoms with E-state index in [2.05, 4.69) is 14.8 Å². The van der Waals surface area contributed by atoms with Gasteiger partial charge in [0.25, 0.3) is 0 Å². The summed E-state index contributed by atoms with van der Waals surface area (Å²) in [7, 11) is 0. The lowest BCUT2D eigenvalue weighted by Crippen LogP contribution is -2.40. The van der Waals surface area contributed by atoms with E-state index in [1.54, 1.807) is 6.07 Å². The van der Waals surface area contributed by atoms with Crippen molar-refractivity contribution in [2.75, 3.05) is 31.1 Å². The predicted octanol–water partition coefficient (Wildman–Crippen LogP) is 5.42. The minimum atomic E-state index is -0.580. The molecule has 3 aromatic rings. The molecular formula is C31H35F2N3O4. The number of Topliss-reactive ketones (excluding diaryl/α,β-unsaturated/α-hetero) is 1. The highest BCUT2D eigenvalue weighted by atomic mass is 19.1. The number of pyridine rings is 1. The summed E-state index contributed by atoms with van der Waals surface area (Å²) in [5.41, 5.74) is 1.51. The van der Waals surface area contributed by atoms with Gasteiger partial charge < -0.3 is 20.2 Å². The molecule has 2 aromatic carbocycles. The minimum Gasteiger partial charge on any atom is -0.508 e. The van der Waals surface area contributed by atoms with Crippen LogP contribution in [-0.4, -0.2) is 57.2 Å². The third kappa shape index (κ3) is 6.53. The molecule has 1 aromatic heterocycles. The van der Waals surface area contributed by atoms with Crippen LogP contribution in [0.15, 0.2) is 48.7 Å². The molecule has 2 aliphatic heterocycles. The van der Waals surface area contributed by atoms with Gasteiger partial charge in [-0.15, -0.1) is 0 Å². The van der Waals surface area contributed by atoms with E-state index in [9.17, 15) is 28.9 Å². The average molecular weight is 552 g/mol. The fourth-order valence-electron chi connectivity index (χ4n) is 6.05. The van der Waals surface area contributed by atoms with E-state index in [4.69, 9.17) is 0 Å². The van der Waals surface area contributed by atoms with Crippen LogP contribution in [0, 0.1) is 23.5 Å². The van der Waals surface area contributed by atoms with Crippen LogP contribution in [0.2, 0.25) is 0 Å². The van der Waals surface area contributed by atoms with Crippen LogP contribution in [0.5, 0.6) is 17.2 Å². The third-order valence-electron chi connectivity index (χ3n) is 8.38. The number of benzene rings is 2. The summed E-state index contributed by atoms with van der Waals surface area (Å²) in [5.74, 6) is -0.152. The van der Waals surface area contributed by atoms with Crippen LogP contribution in [-0.2, 0) is 13.0 Å². The topological polar surface area (TPSA) is 97.1 Å². The number of ketones is 1. The van der Waals surface area contributed by atoms with Gasteiger partial charge in [-0.05, 0) is 92.4 Å². The largest absolute Gasteiger partial charge is 0.508 e. The monoisotopic (exact) mass is 551 g/mol. The molecule has 0 amide bonds. The lowest BCUT2D eigenvalue weighted by molar-refractivity contribution is 0.0982. The van der Waals surface area contributed by atoms with E-state index in [1.807, 2.05) is 0 Å². The summed E-state index contributed by atoms with van der Waals surface area (Å²) in [5, 5.41) is 29.4. The highest BCUT2D eigenvalue weighted by Gasteiger charge is 2.30. The van der Waals surface area contributed by atoms with Gasteiger partial charge in [0.15, 0.2) is 28.9 Å². The Labute approximate surface area is 232 Å². The Balaban J connectivity index is 1.09. The first kappa shape index (κ1) is 27.8. The van der Waals surface area contributed by atoms with E-state index in [0.717, 1.165) is 63.5 Å². The number of piperidine rings is 2. The van der Waals surface area contributed by atoms with Crippen LogP contribution in [0.3, 0.4) is 0 Å². The third-order valence-corrected chi connectivity index (χ3v) is 8.38. The summed E-state index contributed by atoms with van der Waals surface area (Å²) in [6.45, 7) is 4.17. The molecule has 2 saturated heterocycles. The number of aromatic hydroxyl groups is 3. The number of carbonyl (C=O) groups excluding carboxylic acids is 1. The second kappa shape index (κ2) is 12.2. The summed E-state index contributed by atoms with van der Waals surface area (Å²) in [6, 6.07) is 9.90. The van der Waals surface area contributed by atoms with Gasteiger partial charge in [0.05, 0.1) is 0 Å². The first-order chi connectivity index (χ1) is 19.3. The predicted molar refractivity (Wildman–Crippen MR) is 148 cm³/mol. The number of hydrogen-bond acceptors (Lipinski definition) is 7. The molecule has 3 heterocycles. The Bertz CT molecular complexity index is 1350. The molecule has 0 unspecified atom stereocenters. The van der Waals surface area contributed by atoms with Gasteiger partial charge in [0.1, 0.15) is 11.6 Å². The van der Waals surface area contributed by atoms with Gasteiger partial charge in [-0.1, -0.05) is 12.1 Å². The van der Waals surface area contributed by atoms with E-state index in [1.165, 1.54) is 36.5 Å². The first-order valence-corrected chi connectivity index (χ1v) is 13.9. The van der Waals surface area contributed by atoms with Gasteiger partial charge in [-0.2, -0.15) is 0 Å². The average Bonchev–Trinajstić information content (AvgIpc) is 2.95. The van der Waals surface area contributed by atoms with Crippen LogP contribution in [0.4, 0.5) is 14.6 Å². The highest BCUT2D eigenvalue weighted by molar-refractivity contribution is 5.96. The first-order valence-electron chi connectivity index (χ1n) is 13.9. The molecule has 0 spiro atoms. The van der Waals surface area contributed by atoms with E-state index in [-0.39, 0.29) is 41.4 Å².